The Bertz CT molecular complexity index is 1110. The predicted octanol–water partition coefficient (Wildman–Crippen LogP) is 5.67. The zero-order chi connectivity index (χ0) is 20.9. The molecule has 0 aliphatic heterocycles. The first-order valence-electron chi connectivity index (χ1n) is 9.66. The van der Waals surface area contributed by atoms with Crippen LogP contribution in [-0.2, 0) is 0 Å². The van der Waals surface area contributed by atoms with Crippen molar-refractivity contribution in [1.82, 2.24) is 0 Å². The predicted molar refractivity (Wildman–Crippen MR) is 133 cm³/mol. The van der Waals surface area contributed by atoms with Crippen molar-refractivity contribution in [2.45, 2.75) is 0 Å². The topological polar surface area (TPSA) is 17.1 Å². The van der Waals surface area contributed by atoms with Crippen molar-refractivity contribution in [2.24, 2.45) is 0 Å². The maximum absolute atomic E-state index is 13.0. The Hall–Kier alpha value is -2.98. The average Bonchev–Trinajstić information content (AvgIpc) is 2.85. The number of rotatable bonds is 4. The molecule has 3 heteroatoms. The van der Waals surface area contributed by atoms with Crippen LogP contribution in [0.5, 0.6) is 0 Å². The van der Waals surface area contributed by atoms with E-state index in [0.717, 1.165) is 15.9 Å². The normalized spacial score (nSPS) is 12.1. The molecule has 0 radical (unpaired) electrons. The summed E-state index contributed by atoms with van der Waals surface area (Å²) in [5.41, 5.74) is 4.10. The third kappa shape index (κ3) is 3.52. The monoisotopic (exact) mass is 470 g/mol. The third-order valence-electron chi connectivity index (χ3n) is 5.14. The Morgan fingerprint density at radius 3 is 1.27 bits per heavy atom. The second-order valence-electron chi connectivity index (χ2n) is 6.95. The first-order chi connectivity index (χ1) is 14.6. The van der Waals surface area contributed by atoms with Gasteiger partial charge in [-0.1, -0.05) is 0 Å². The number of Topliss-reactive ketones (excluding diaryl/α,β-unsaturated/α-hetero) is 1. The molecule has 0 fully saturated rings. The summed E-state index contributed by atoms with van der Waals surface area (Å²) in [6.45, 7) is 0. The molecule has 0 spiro atoms. The molecule has 146 valence electrons. The van der Waals surface area contributed by atoms with Crippen molar-refractivity contribution in [1.29, 1.82) is 0 Å². The molecular weight excluding hydrogens is 451 g/mol. The van der Waals surface area contributed by atoms with Crippen LogP contribution in [0.1, 0.15) is 10.4 Å². The van der Waals surface area contributed by atoms with Crippen LogP contribution < -0.4 is 15.9 Å². The fourth-order valence-electron chi connectivity index (χ4n) is 3.58. The van der Waals surface area contributed by atoms with E-state index < -0.39 is 5.31 Å². The summed E-state index contributed by atoms with van der Waals surface area (Å²) in [5, 5.41) is -0.212. The molecule has 0 aliphatic carbocycles. The quantitative estimate of drug-likeness (QED) is 0.213. The molecule has 0 saturated heterocycles. The van der Waals surface area contributed by atoms with Gasteiger partial charge in [0.1, 0.15) is 0 Å². The molecule has 30 heavy (non-hydrogen) atoms. The Morgan fingerprint density at radius 2 is 0.900 bits per heavy atom. The van der Waals surface area contributed by atoms with Gasteiger partial charge in [0.2, 0.25) is 0 Å². The van der Waals surface area contributed by atoms with Crippen molar-refractivity contribution < 1.29 is 4.79 Å². The van der Waals surface area contributed by atoms with E-state index >= 15 is 0 Å². The van der Waals surface area contributed by atoms with Crippen molar-refractivity contribution in [3.05, 3.63) is 127 Å². The summed E-state index contributed by atoms with van der Waals surface area (Å²) in [5.74, 6) is 2.81. The molecular formula is C27H20BrOP. The van der Waals surface area contributed by atoms with E-state index in [9.17, 15) is 4.79 Å². The summed E-state index contributed by atoms with van der Waals surface area (Å²) >= 11 is 4.22. The molecule has 1 nitrogen and oxygen atoms in total. The molecule has 0 aliphatic rings. The molecule has 0 aromatic heterocycles. The van der Waals surface area contributed by atoms with E-state index in [2.05, 4.69) is 63.5 Å². The van der Waals surface area contributed by atoms with Crippen LogP contribution in [0.15, 0.2) is 121 Å². The van der Waals surface area contributed by atoms with Gasteiger partial charge in [0.05, 0.1) is 0 Å². The van der Waals surface area contributed by atoms with Crippen molar-refractivity contribution in [3.63, 3.8) is 0 Å². The number of ketones is 1. The number of carbonyl (C=O) groups excluding carboxylic acids is 1. The molecule has 0 unspecified atom stereocenters. The summed E-state index contributed by atoms with van der Waals surface area (Å²) in [6, 6.07) is 39.9. The van der Waals surface area contributed by atoms with Gasteiger partial charge in [0, 0.05) is 0 Å². The van der Waals surface area contributed by atoms with Gasteiger partial charge in [0.15, 0.2) is 0 Å². The van der Waals surface area contributed by atoms with Gasteiger partial charge in [-0.15, -0.1) is 0 Å². The van der Waals surface area contributed by atoms with E-state index in [1.54, 1.807) is 12.1 Å². The number of halogens is 1. The Balaban J connectivity index is 2.05. The fourth-order valence-corrected chi connectivity index (χ4v) is 9.77. The summed E-state index contributed by atoms with van der Waals surface area (Å²) in [7, 11) is 0. The maximum atomic E-state index is 13.0. The van der Waals surface area contributed by atoms with Crippen molar-refractivity contribution in [2.75, 3.05) is 0 Å². The first kappa shape index (κ1) is 20.3. The molecule has 4 aromatic rings. The minimum atomic E-state index is -3.40. The van der Waals surface area contributed by atoms with Crippen LogP contribution in [-0.4, -0.2) is 5.78 Å². The van der Waals surface area contributed by atoms with E-state index in [-0.39, 0.29) is 5.78 Å². The summed E-state index contributed by atoms with van der Waals surface area (Å²) < 4.78 is 0. The first-order valence-corrected chi connectivity index (χ1v) is 13.9. The van der Waals surface area contributed by atoms with Gasteiger partial charge in [-0.3, -0.25) is 0 Å². The van der Waals surface area contributed by atoms with Crippen LogP contribution in [0.2, 0.25) is 0 Å². The Labute approximate surface area is 185 Å². The van der Waals surface area contributed by atoms with Crippen LogP contribution in [0, 0.1) is 11.6 Å². The van der Waals surface area contributed by atoms with Crippen LogP contribution in [0.25, 0.3) is 0 Å². The molecule has 0 amide bonds. The SMILES string of the molecule is O=C(C#CP(Br)(c1ccccc1)(c1ccccc1)c1ccccc1)c1ccccc1. The van der Waals surface area contributed by atoms with E-state index in [1.807, 2.05) is 72.8 Å². The summed E-state index contributed by atoms with van der Waals surface area (Å²) in [4.78, 5) is 13.0. The van der Waals surface area contributed by atoms with E-state index in [0.29, 0.717) is 5.56 Å². The molecule has 4 aromatic carbocycles. The Morgan fingerprint density at radius 1 is 0.567 bits per heavy atom. The van der Waals surface area contributed by atoms with Gasteiger partial charge >= 0.3 is 186 Å². The van der Waals surface area contributed by atoms with Crippen LogP contribution >= 0.6 is 20.8 Å². The summed E-state index contributed by atoms with van der Waals surface area (Å²) in [6.07, 6.45) is 0. The van der Waals surface area contributed by atoms with Crippen molar-refractivity contribution in [3.8, 4) is 11.6 Å². The zero-order valence-electron chi connectivity index (χ0n) is 16.3. The molecule has 0 atom stereocenters. The van der Waals surface area contributed by atoms with Gasteiger partial charge in [-0.05, 0) is 0 Å². The van der Waals surface area contributed by atoms with E-state index in [4.69, 9.17) is 0 Å². The second kappa shape index (κ2) is 8.41. The van der Waals surface area contributed by atoms with Crippen LogP contribution in [0.4, 0.5) is 0 Å². The molecule has 4 rings (SSSR count). The zero-order valence-corrected chi connectivity index (χ0v) is 18.8. The van der Waals surface area contributed by atoms with Crippen LogP contribution in [0.3, 0.4) is 0 Å². The van der Waals surface area contributed by atoms with Gasteiger partial charge in [-0.25, -0.2) is 0 Å². The van der Waals surface area contributed by atoms with Gasteiger partial charge < -0.3 is 0 Å². The molecule has 0 saturated carbocycles. The van der Waals surface area contributed by atoms with Gasteiger partial charge in [0.25, 0.3) is 0 Å². The third-order valence-corrected chi connectivity index (χ3v) is 13.7. The fraction of sp³-hybridized carbons (Fsp3) is 0. The Kier molecular flexibility index (Phi) is 5.69. The van der Waals surface area contributed by atoms with Crippen molar-refractivity contribution >= 4 is 42.5 Å². The van der Waals surface area contributed by atoms with E-state index in [1.165, 1.54) is 0 Å². The minimum absolute atomic E-state index is 0.188. The molecule has 0 bridgehead atoms. The number of hydrogen-bond acceptors (Lipinski definition) is 1. The standard InChI is InChI=1S/C27H20BrOP/c28-30(24-15-7-2-8-16-24,25-17-9-3-10-18-25,26-19-11-4-12-20-26)22-21-27(29)23-13-5-1-6-14-23/h1-20H. The second-order valence-corrected chi connectivity index (χ2v) is 15.0. The average molecular weight is 471 g/mol. The van der Waals surface area contributed by atoms with Gasteiger partial charge in [-0.2, -0.15) is 0 Å². The molecule has 0 heterocycles. The number of carbonyl (C=O) groups is 1. The number of hydrogen-bond donors (Lipinski definition) is 0. The molecule has 0 N–H and O–H groups in total. The number of benzene rings is 4.